The third kappa shape index (κ3) is 13.7. The first kappa shape index (κ1) is 18.4. The van der Waals surface area contributed by atoms with Crippen molar-refractivity contribution < 1.29 is 14.6 Å². The molecule has 0 aromatic heterocycles. The molecule has 19 heavy (non-hydrogen) atoms. The molecule has 0 heterocycles. The molecule has 0 bridgehead atoms. The molecule has 0 radical (unpaired) electrons. The zero-order chi connectivity index (χ0) is 14.3. The van der Waals surface area contributed by atoms with Gasteiger partial charge in [0, 0.05) is 13.0 Å². The molecule has 0 spiro atoms. The third-order valence-electron chi connectivity index (χ3n) is 3.46. The van der Waals surface area contributed by atoms with Gasteiger partial charge in [0.1, 0.15) is 0 Å². The van der Waals surface area contributed by atoms with Gasteiger partial charge in [-0.15, -0.1) is 0 Å². The zero-order valence-electron chi connectivity index (χ0n) is 12.8. The maximum absolute atomic E-state index is 11.5. The van der Waals surface area contributed by atoms with Crippen LogP contribution in [0, 0.1) is 5.92 Å². The molecule has 0 aliphatic heterocycles. The lowest BCUT2D eigenvalue weighted by Gasteiger charge is -2.10. The van der Waals surface area contributed by atoms with E-state index in [9.17, 15) is 4.79 Å². The molecule has 0 amide bonds. The Morgan fingerprint density at radius 3 is 2.47 bits per heavy atom. The molecule has 1 unspecified atom stereocenters. The Balaban J connectivity index is 3.33. The van der Waals surface area contributed by atoms with E-state index >= 15 is 0 Å². The number of hydrogen-bond acceptors (Lipinski definition) is 3. The number of ether oxygens (including phenoxy) is 1. The van der Waals surface area contributed by atoms with E-state index in [2.05, 4.69) is 13.8 Å². The minimum absolute atomic E-state index is 0.0514. The van der Waals surface area contributed by atoms with E-state index in [0.29, 0.717) is 18.9 Å². The normalized spacial score (nSPS) is 12.4. The summed E-state index contributed by atoms with van der Waals surface area (Å²) in [7, 11) is 0. The van der Waals surface area contributed by atoms with Gasteiger partial charge in [0.05, 0.1) is 6.61 Å². The zero-order valence-corrected chi connectivity index (χ0v) is 12.8. The molecule has 0 rings (SSSR count). The largest absolute Gasteiger partial charge is 0.466 e. The molecular formula is C16H32O3. The van der Waals surface area contributed by atoms with Crippen LogP contribution in [0.4, 0.5) is 0 Å². The van der Waals surface area contributed by atoms with Crippen LogP contribution in [0.5, 0.6) is 0 Å². The standard InChI is InChI=1S/C16H32O3/c1-3-4-7-10-15(2)11-12-16(18)19-14-9-6-5-8-13-17/h15,17H,3-14H2,1-2H3. The average molecular weight is 272 g/mol. The van der Waals surface area contributed by atoms with E-state index in [0.717, 1.165) is 32.1 Å². The Bertz CT molecular complexity index is 204. The topological polar surface area (TPSA) is 46.5 Å². The molecule has 0 aromatic rings. The molecule has 1 N–H and O–H groups in total. The predicted octanol–water partition coefficient (Wildman–Crippen LogP) is 4.08. The molecule has 0 aliphatic rings. The molecule has 0 aromatic carbocycles. The van der Waals surface area contributed by atoms with Crippen molar-refractivity contribution in [2.45, 2.75) is 78.1 Å². The highest BCUT2D eigenvalue weighted by molar-refractivity contribution is 5.69. The lowest BCUT2D eigenvalue weighted by molar-refractivity contribution is -0.144. The third-order valence-corrected chi connectivity index (χ3v) is 3.46. The van der Waals surface area contributed by atoms with Crippen molar-refractivity contribution in [3.05, 3.63) is 0 Å². The van der Waals surface area contributed by atoms with Crippen molar-refractivity contribution in [2.24, 2.45) is 5.92 Å². The highest BCUT2D eigenvalue weighted by Gasteiger charge is 2.07. The van der Waals surface area contributed by atoms with E-state index < -0.39 is 0 Å². The van der Waals surface area contributed by atoms with Gasteiger partial charge in [0.2, 0.25) is 0 Å². The van der Waals surface area contributed by atoms with Gasteiger partial charge in [-0.2, -0.15) is 0 Å². The Kier molecular flexibility index (Phi) is 13.4. The number of aliphatic hydroxyl groups excluding tert-OH is 1. The monoisotopic (exact) mass is 272 g/mol. The van der Waals surface area contributed by atoms with E-state index in [4.69, 9.17) is 9.84 Å². The van der Waals surface area contributed by atoms with Crippen molar-refractivity contribution >= 4 is 5.97 Å². The first-order valence-corrected chi connectivity index (χ1v) is 7.97. The van der Waals surface area contributed by atoms with Gasteiger partial charge in [0.15, 0.2) is 0 Å². The van der Waals surface area contributed by atoms with Crippen LogP contribution in [0.15, 0.2) is 0 Å². The van der Waals surface area contributed by atoms with Crippen LogP contribution in [0.2, 0.25) is 0 Å². The predicted molar refractivity (Wildman–Crippen MR) is 79.1 cm³/mol. The van der Waals surface area contributed by atoms with Crippen molar-refractivity contribution in [1.82, 2.24) is 0 Å². The van der Waals surface area contributed by atoms with Gasteiger partial charge >= 0.3 is 5.97 Å². The van der Waals surface area contributed by atoms with E-state index in [-0.39, 0.29) is 12.6 Å². The average Bonchev–Trinajstić information content (AvgIpc) is 2.40. The highest BCUT2D eigenvalue weighted by Crippen LogP contribution is 2.15. The summed E-state index contributed by atoms with van der Waals surface area (Å²) in [6.07, 6.45) is 10.4. The van der Waals surface area contributed by atoms with Crippen LogP contribution in [0.1, 0.15) is 78.1 Å². The Labute approximate surface area is 118 Å². The second-order valence-corrected chi connectivity index (χ2v) is 5.50. The molecule has 3 heteroatoms. The van der Waals surface area contributed by atoms with E-state index in [1.807, 2.05) is 0 Å². The minimum atomic E-state index is -0.0514. The first-order chi connectivity index (χ1) is 9.20. The maximum Gasteiger partial charge on any atom is 0.305 e. The summed E-state index contributed by atoms with van der Waals surface area (Å²) in [5, 5.41) is 8.62. The minimum Gasteiger partial charge on any atom is -0.466 e. The van der Waals surface area contributed by atoms with Crippen LogP contribution in [0.3, 0.4) is 0 Å². The van der Waals surface area contributed by atoms with Crippen LogP contribution in [0.25, 0.3) is 0 Å². The summed E-state index contributed by atoms with van der Waals surface area (Å²) in [6.45, 7) is 5.23. The Morgan fingerprint density at radius 1 is 1.05 bits per heavy atom. The molecular weight excluding hydrogens is 240 g/mol. The quantitative estimate of drug-likeness (QED) is 0.406. The van der Waals surface area contributed by atoms with Gasteiger partial charge in [-0.1, -0.05) is 46.0 Å². The molecule has 3 nitrogen and oxygen atoms in total. The highest BCUT2D eigenvalue weighted by atomic mass is 16.5. The molecule has 1 atom stereocenters. The summed E-state index contributed by atoms with van der Waals surface area (Å²) in [5.41, 5.74) is 0. The fourth-order valence-electron chi connectivity index (χ4n) is 2.08. The summed E-state index contributed by atoms with van der Waals surface area (Å²) < 4.78 is 5.20. The number of aliphatic hydroxyl groups is 1. The van der Waals surface area contributed by atoms with Gasteiger partial charge in [0.25, 0.3) is 0 Å². The van der Waals surface area contributed by atoms with Crippen molar-refractivity contribution in [1.29, 1.82) is 0 Å². The number of rotatable bonds is 13. The van der Waals surface area contributed by atoms with E-state index in [1.54, 1.807) is 0 Å². The van der Waals surface area contributed by atoms with Gasteiger partial charge < -0.3 is 9.84 Å². The molecule has 0 saturated carbocycles. The second kappa shape index (κ2) is 13.9. The Morgan fingerprint density at radius 2 is 1.79 bits per heavy atom. The smallest absolute Gasteiger partial charge is 0.305 e. The number of carbonyl (C=O) groups is 1. The SMILES string of the molecule is CCCCCC(C)CCC(=O)OCCCCCCO. The lowest BCUT2D eigenvalue weighted by Crippen LogP contribution is -2.08. The fourth-order valence-corrected chi connectivity index (χ4v) is 2.08. The van der Waals surface area contributed by atoms with Crippen molar-refractivity contribution in [3.63, 3.8) is 0 Å². The number of unbranched alkanes of at least 4 members (excludes halogenated alkanes) is 5. The van der Waals surface area contributed by atoms with Crippen molar-refractivity contribution in [2.75, 3.05) is 13.2 Å². The van der Waals surface area contributed by atoms with Crippen LogP contribution < -0.4 is 0 Å². The van der Waals surface area contributed by atoms with Gasteiger partial charge in [-0.25, -0.2) is 0 Å². The lowest BCUT2D eigenvalue weighted by atomic mass is 9.98. The number of esters is 1. The summed E-state index contributed by atoms with van der Waals surface area (Å²) in [6, 6.07) is 0. The summed E-state index contributed by atoms with van der Waals surface area (Å²) in [5.74, 6) is 0.577. The molecule has 0 aliphatic carbocycles. The van der Waals surface area contributed by atoms with Crippen LogP contribution >= 0.6 is 0 Å². The number of carbonyl (C=O) groups excluding carboxylic acids is 1. The van der Waals surface area contributed by atoms with Gasteiger partial charge in [-0.05, 0) is 31.6 Å². The molecule has 0 saturated heterocycles. The molecule has 0 fully saturated rings. The fraction of sp³-hybridized carbons (Fsp3) is 0.938. The van der Waals surface area contributed by atoms with Crippen LogP contribution in [-0.2, 0) is 9.53 Å². The van der Waals surface area contributed by atoms with E-state index in [1.165, 1.54) is 25.7 Å². The molecule has 114 valence electrons. The van der Waals surface area contributed by atoms with Crippen molar-refractivity contribution in [3.8, 4) is 0 Å². The van der Waals surface area contributed by atoms with Gasteiger partial charge in [-0.3, -0.25) is 4.79 Å². The maximum atomic E-state index is 11.5. The van der Waals surface area contributed by atoms with Crippen LogP contribution in [-0.4, -0.2) is 24.3 Å². The Hall–Kier alpha value is -0.570. The summed E-state index contributed by atoms with van der Waals surface area (Å²) >= 11 is 0. The first-order valence-electron chi connectivity index (χ1n) is 7.97. The second-order valence-electron chi connectivity index (χ2n) is 5.50. The summed E-state index contributed by atoms with van der Waals surface area (Å²) in [4.78, 5) is 11.5. The number of hydrogen-bond donors (Lipinski definition) is 1.